The number of nitrogens with one attached hydrogen (secondary N) is 2. The molecule has 1 aliphatic carbocycles. The highest BCUT2D eigenvalue weighted by molar-refractivity contribution is 6.64. The minimum atomic E-state index is -4.46. The number of halogens is 4. The standard InChI is InChI=1S/C20H20ClF3N4O2/c1-3-4-17(28-18(21)25)30-15-9-7-13(8-10-15)26-19(29)27-14-6-5-12(2)16(11-14)20(22,23)24/h3-4,7-11H,1,5-6H2,2H3,(H2,25,28)(H2,26,27,29)/b17-4+. The fourth-order valence-corrected chi connectivity index (χ4v) is 2.67. The topological polar surface area (TPSA) is 88.7 Å². The first-order valence-electron chi connectivity index (χ1n) is 8.74. The largest absolute Gasteiger partial charge is 0.439 e. The molecule has 0 atom stereocenters. The van der Waals surface area contributed by atoms with E-state index < -0.39 is 17.8 Å². The molecule has 0 aliphatic heterocycles. The van der Waals surface area contributed by atoms with Gasteiger partial charge in [0.05, 0.1) is 5.57 Å². The maximum absolute atomic E-state index is 13.0. The molecule has 2 amide bonds. The van der Waals surface area contributed by atoms with Gasteiger partial charge in [-0.2, -0.15) is 18.2 Å². The van der Waals surface area contributed by atoms with E-state index in [2.05, 4.69) is 22.2 Å². The zero-order valence-electron chi connectivity index (χ0n) is 16.0. The summed E-state index contributed by atoms with van der Waals surface area (Å²) in [6.07, 6.45) is -0.0539. The van der Waals surface area contributed by atoms with Crippen molar-refractivity contribution in [3.05, 3.63) is 71.8 Å². The maximum atomic E-state index is 13.0. The third-order valence-corrected chi connectivity index (χ3v) is 4.02. The summed E-state index contributed by atoms with van der Waals surface area (Å²) in [6.45, 7) is 4.97. The molecule has 0 saturated carbocycles. The summed E-state index contributed by atoms with van der Waals surface area (Å²) in [5.41, 5.74) is 5.43. The number of aliphatic imine (C=N–C) groups is 1. The number of alkyl halides is 3. The fraction of sp³-hybridized carbons (Fsp3) is 0.200. The van der Waals surface area contributed by atoms with Crippen LogP contribution >= 0.6 is 11.6 Å². The van der Waals surface area contributed by atoms with E-state index in [9.17, 15) is 18.0 Å². The average Bonchev–Trinajstić information content (AvgIpc) is 2.63. The van der Waals surface area contributed by atoms with Crippen molar-refractivity contribution in [3.63, 3.8) is 0 Å². The third kappa shape index (κ3) is 7.00. The Hall–Kier alpha value is -3.20. The lowest BCUT2D eigenvalue weighted by molar-refractivity contribution is -0.0894. The lowest BCUT2D eigenvalue weighted by Crippen LogP contribution is -2.30. The number of rotatable bonds is 6. The van der Waals surface area contributed by atoms with Crippen molar-refractivity contribution >= 4 is 28.6 Å². The van der Waals surface area contributed by atoms with Gasteiger partial charge in [0.15, 0.2) is 5.29 Å². The second-order valence-electron chi connectivity index (χ2n) is 6.24. The Kier molecular flexibility index (Phi) is 7.71. The van der Waals surface area contributed by atoms with Gasteiger partial charge in [0.2, 0.25) is 5.88 Å². The normalized spacial score (nSPS) is 15.4. The first-order chi connectivity index (χ1) is 14.1. The number of hydrogen-bond donors (Lipinski definition) is 3. The summed E-state index contributed by atoms with van der Waals surface area (Å²) in [6, 6.07) is 5.56. The minimum Gasteiger partial charge on any atom is -0.439 e. The number of amidine groups is 1. The highest BCUT2D eigenvalue weighted by Gasteiger charge is 2.35. The number of nitrogens with two attached hydrogens (primary N) is 1. The zero-order valence-corrected chi connectivity index (χ0v) is 16.8. The molecule has 160 valence electrons. The number of anilines is 1. The van der Waals surface area contributed by atoms with Gasteiger partial charge < -0.3 is 21.1 Å². The van der Waals surface area contributed by atoms with E-state index in [0.29, 0.717) is 17.9 Å². The molecule has 0 spiro atoms. The number of carbonyl (C=O) groups is 1. The predicted molar refractivity (Wildman–Crippen MR) is 111 cm³/mol. The number of amides is 2. The van der Waals surface area contributed by atoms with E-state index in [1.807, 2.05) is 0 Å². The highest BCUT2D eigenvalue weighted by Crippen LogP contribution is 2.34. The Labute approximate surface area is 176 Å². The molecular formula is C20H20ClF3N4O2. The first kappa shape index (κ1) is 23.1. The van der Waals surface area contributed by atoms with Crippen molar-refractivity contribution in [1.29, 1.82) is 0 Å². The fourth-order valence-electron chi connectivity index (χ4n) is 2.58. The van der Waals surface area contributed by atoms with Gasteiger partial charge in [0, 0.05) is 17.5 Å². The van der Waals surface area contributed by atoms with E-state index in [4.69, 9.17) is 22.1 Å². The van der Waals surface area contributed by atoms with E-state index >= 15 is 0 Å². The molecule has 30 heavy (non-hydrogen) atoms. The monoisotopic (exact) mass is 440 g/mol. The van der Waals surface area contributed by atoms with Crippen molar-refractivity contribution in [2.24, 2.45) is 10.7 Å². The van der Waals surface area contributed by atoms with Gasteiger partial charge in [-0.25, -0.2) is 4.79 Å². The lowest BCUT2D eigenvalue weighted by Gasteiger charge is -2.20. The van der Waals surface area contributed by atoms with Crippen molar-refractivity contribution in [2.75, 3.05) is 5.32 Å². The molecule has 4 N–H and O–H groups in total. The first-order valence-corrected chi connectivity index (χ1v) is 9.12. The van der Waals surface area contributed by atoms with E-state index in [1.165, 1.54) is 19.1 Å². The molecular weight excluding hydrogens is 421 g/mol. The van der Waals surface area contributed by atoms with E-state index in [-0.39, 0.29) is 28.9 Å². The van der Waals surface area contributed by atoms with Crippen LogP contribution in [0.25, 0.3) is 0 Å². The highest BCUT2D eigenvalue weighted by atomic mass is 35.5. The summed E-state index contributed by atoms with van der Waals surface area (Å²) in [5, 5.41) is 4.79. The Morgan fingerprint density at radius 3 is 2.50 bits per heavy atom. The summed E-state index contributed by atoms with van der Waals surface area (Å²) in [5.74, 6) is 0.505. The quantitative estimate of drug-likeness (QED) is 0.184. The molecule has 0 bridgehead atoms. The average molecular weight is 441 g/mol. The van der Waals surface area contributed by atoms with Crippen LogP contribution in [0.15, 0.2) is 76.8 Å². The van der Waals surface area contributed by atoms with Gasteiger partial charge in [-0.1, -0.05) is 18.2 Å². The molecule has 0 radical (unpaired) electrons. The van der Waals surface area contributed by atoms with Crippen molar-refractivity contribution in [3.8, 4) is 5.75 Å². The molecule has 0 heterocycles. The van der Waals surface area contributed by atoms with Crippen molar-refractivity contribution in [1.82, 2.24) is 5.32 Å². The number of urea groups is 1. The summed E-state index contributed by atoms with van der Waals surface area (Å²) < 4.78 is 44.6. The van der Waals surface area contributed by atoms with E-state index in [0.717, 1.165) is 6.08 Å². The van der Waals surface area contributed by atoms with E-state index in [1.54, 1.807) is 24.3 Å². The molecule has 6 nitrogen and oxygen atoms in total. The number of nitrogens with zero attached hydrogens (tertiary/aromatic N) is 1. The van der Waals surface area contributed by atoms with Crippen LogP contribution in [-0.4, -0.2) is 17.5 Å². The Morgan fingerprint density at radius 2 is 1.93 bits per heavy atom. The number of allylic oxidation sites excluding steroid dienone is 6. The number of benzene rings is 1. The van der Waals surface area contributed by atoms with Crippen LogP contribution in [0.2, 0.25) is 0 Å². The van der Waals surface area contributed by atoms with Gasteiger partial charge in [0.1, 0.15) is 5.75 Å². The second-order valence-corrected chi connectivity index (χ2v) is 6.63. The van der Waals surface area contributed by atoms with Crippen molar-refractivity contribution in [2.45, 2.75) is 25.9 Å². The zero-order chi connectivity index (χ0) is 22.3. The lowest BCUT2D eigenvalue weighted by atomic mass is 9.96. The van der Waals surface area contributed by atoms with Crippen LogP contribution in [0, 0.1) is 0 Å². The predicted octanol–water partition coefficient (Wildman–Crippen LogP) is 5.32. The third-order valence-electron chi connectivity index (χ3n) is 3.94. The SMILES string of the molecule is C=C/C=C(\N=C(N)Cl)Oc1ccc(NC(=O)NC2=CC(C(F)(F)F)=C(C)CC2)cc1. The maximum Gasteiger partial charge on any atom is 0.416 e. The molecule has 1 aliphatic rings. The van der Waals surface area contributed by atoms with Gasteiger partial charge >= 0.3 is 12.2 Å². The molecule has 0 fully saturated rings. The van der Waals surface area contributed by atoms with Crippen LogP contribution in [0.3, 0.4) is 0 Å². The second kappa shape index (κ2) is 10.0. The molecule has 1 aromatic rings. The number of ether oxygens (including phenoxy) is 1. The Morgan fingerprint density at radius 1 is 1.27 bits per heavy atom. The van der Waals surface area contributed by atoms with Crippen LogP contribution in [0.1, 0.15) is 19.8 Å². The molecule has 0 saturated heterocycles. The van der Waals surface area contributed by atoms with Crippen LogP contribution in [0.4, 0.5) is 23.7 Å². The van der Waals surface area contributed by atoms with Crippen molar-refractivity contribution < 1.29 is 22.7 Å². The molecule has 0 aromatic heterocycles. The van der Waals surface area contributed by atoms with Gasteiger partial charge in [-0.05, 0) is 61.7 Å². The van der Waals surface area contributed by atoms with Gasteiger partial charge in [-0.15, -0.1) is 0 Å². The molecule has 10 heteroatoms. The van der Waals surface area contributed by atoms with Gasteiger partial charge in [0.25, 0.3) is 0 Å². The summed E-state index contributed by atoms with van der Waals surface area (Å²) in [7, 11) is 0. The molecule has 2 rings (SSSR count). The Bertz CT molecular complexity index is 928. The van der Waals surface area contributed by atoms with Crippen LogP contribution in [-0.2, 0) is 0 Å². The van der Waals surface area contributed by atoms with Crippen LogP contribution in [0.5, 0.6) is 5.75 Å². The number of carbonyl (C=O) groups excluding carboxylic acids is 1. The smallest absolute Gasteiger partial charge is 0.416 e. The van der Waals surface area contributed by atoms with Gasteiger partial charge in [-0.3, -0.25) is 0 Å². The Balaban J connectivity index is 2.01. The van der Waals surface area contributed by atoms with Crippen LogP contribution < -0.4 is 21.1 Å². The summed E-state index contributed by atoms with van der Waals surface area (Å²) >= 11 is 5.53. The minimum absolute atomic E-state index is 0.115. The summed E-state index contributed by atoms with van der Waals surface area (Å²) in [4.78, 5) is 15.9. The molecule has 0 unspecified atom stereocenters. The number of hydrogen-bond acceptors (Lipinski definition) is 3. The molecule has 1 aromatic carbocycles.